The summed E-state index contributed by atoms with van der Waals surface area (Å²) >= 11 is 0. The molecular weight excluding hydrogens is 430 g/mol. The molecule has 12 heteroatoms. The highest BCUT2D eigenvalue weighted by Gasteiger charge is 2.37. The highest BCUT2D eigenvalue weighted by molar-refractivity contribution is 7.89. The second-order valence-corrected chi connectivity index (χ2v) is 8.61. The van der Waals surface area contributed by atoms with Crippen LogP contribution < -0.4 is 20.1 Å². The number of carbonyl (C=O) groups excluding carboxylic acids is 2. The summed E-state index contributed by atoms with van der Waals surface area (Å²) in [6.45, 7) is 0.882. The molecule has 31 heavy (non-hydrogen) atoms. The molecule has 0 saturated carbocycles. The van der Waals surface area contributed by atoms with Crippen LogP contribution in [-0.2, 0) is 30.9 Å². The largest absolute Gasteiger partial charge is 0.486 e. The second kappa shape index (κ2) is 8.96. The Hall–Kier alpha value is -3.09. The molecule has 2 aromatic rings. The third-order valence-corrected chi connectivity index (χ3v) is 6.59. The Morgan fingerprint density at radius 1 is 1.03 bits per heavy atom. The van der Waals surface area contributed by atoms with E-state index in [0.29, 0.717) is 30.5 Å². The molecule has 1 atom stereocenters. The minimum absolute atomic E-state index is 0.0229. The van der Waals surface area contributed by atoms with E-state index < -0.39 is 28.1 Å². The molecule has 2 aliphatic heterocycles. The molecule has 2 aliphatic rings. The number of nitrogens with one attached hydrogen (secondary N) is 2. The first kappa shape index (κ1) is 21.2. The van der Waals surface area contributed by atoms with E-state index >= 15 is 0 Å². The van der Waals surface area contributed by atoms with Crippen molar-refractivity contribution in [3.63, 3.8) is 0 Å². The number of amides is 2. The predicted molar refractivity (Wildman–Crippen MR) is 105 cm³/mol. The molecule has 0 unspecified atom stereocenters. The molecule has 4 rings (SSSR count). The average molecular weight is 451 g/mol. The van der Waals surface area contributed by atoms with Gasteiger partial charge < -0.3 is 29.3 Å². The first-order valence-electron chi connectivity index (χ1n) is 9.56. The van der Waals surface area contributed by atoms with Crippen molar-refractivity contribution in [1.29, 1.82) is 0 Å². The van der Waals surface area contributed by atoms with Gasteiger partial charge in [-0.3, -0.25) is 9.59 Å². The summed E-state index contributed by atoms with van der Waals surface area (Å²) in [7, 11) is -3.92. The number of hydrogen-bond acceptors (Lipinski definition) is 8. The Morgan fingerprint density at radius 3 is 2.58 bits per heavy atom. The zero-order chi connectivity index (χ0) is 21.8. The first-order chi connectivity index (χ1) is 14.9. The normalized spacial score (nSPS) is 18.5. The molecule has 1 fully saturated rings. The minimum Gasteiger partial charge on any atom is -0.486 e. The average Bonchev–Trinajstić information content (AvgIpc) is 3.47. The lowest BCUT2D eigenvalue weighted by molar-refractivity contribution is -0.139. The molecule has 0 radical (unpaired) electrons. The van der Waals surface area contributed by atoms with Crippen LogP contribution in [0.1, 0.15) is 5.76 Å². The highest BCUT2D eigenvalue weighted by atomic mass is 32.2. The third kappa shape index (κ3) is 4.65. The van der Waals surface area contributed by atoms with Gasteiger partial charge in [0.1, 0.15) is 25.2 Å². The van der Waals surface area contributed by atoms with Gasteiger partial charge in [0.2, 0.25) is 10.0 Å². The van der Waals surface area contributed by atoms with Gasteiger partial charge in [-0.25, -0.2) is 8.42 Å². The van der Waals surface area contributed by atoms with E-state index in [-0.39, 0.29) is 31.1 Å². The number of rotatable bonds is 6. The highest BCUT2D eigenvalue weighted by Crippen LogP contribution is 2.34. The summed E-state index contributed by atoms with van der Waals surface area (Å²) in [4.78, 5) is 24.0. The molecule has 1 saturated heterocycles. The molecule has 1 aromatic carbocycles. The van der Waals surface area contributed by atoms with Gasteiger partial charge in [-0.15, -0.1) is 0 Å². The molecule has 166 valence electrons. The zero-order valence-electron chi connectivity index (χ0n) is 16.4. The summed E-state index contributed by atoms with van der Waals surface area (Å²) in [6, 6.07) is 7.69. The van der Waals surface area contributed by atoms with E-state index in [4.69, 9.17) is 18.6 Å². The number of furan rings is 1. The lowest BCUT2D eigenvalue weighted by Gasteiger charge is -2.24. The van der Waals surface area contributed by atoms with Gasteiger partial charge in [-0.1, -0.05) is 0 Å². The molecular formula is C19H21N3O8S. The topological polar surface area (TPSA) is 136 Å². The lowest BCUT2D eigenvalue weighted by Crippen LogP contribution is -2.47. The number of sulfonamides is 1. The van der Waals surface area contributed by atoms with E-state index in [1.54, 1.807) is 18.2 Å². The fourth-order valence-corrected chi connectivity index (χ4v) is 4.71. The van der Waals surface area contributed by atoms with Crippen LogP contribution >= 0.6 is 0 Å². The van der Waals surface area contributed by atoms with Crippen LogP contribution in [0.5, 0.6) is 11.5 Å². The van der Waals surface area contributed by atoms with Crippen molar-refractivity contribution >= 4 is 21.8 Å². The van der Waals surface area contributed by atoms with Crippen LogP contribution in [0.4, 0.5) is 0 Å². The summed E-state index contributed by atoms with van der Waals surface area (Å²) in [5.41, 5.74) is 0. The van der Waals surface area contributed by atoms with Gasteiger partial charge in [-0.05, 0) is 24.3 Å². The third-order valence-electron chi connectivity index (χ3n) is 4.71. The summed E-state index contributed by atoms with van der Waals surface area (Å²) in [5.74, 6) is -0.441. The minimum atomic E-state index is -3.92. The smallest absolute Gasteiger partial charge is 0.309 e. The number of benzene rings is 1. The second-order valence-electron chi connectivity index (χ2n) is 6.72. The van der Waals surface area contributed by atoms with Crippen molar-refractivity contribution < 1.29 is 36.6 Å². The van der Waals surface area contributed by atoms with Gasteiger partial charge in [0, 0.05) is 12.6 Å². The number of fused-ring (bicyclic) bond motifs is 1. The summed E-state index contributed by atoms with van der Waals surface area (Å²) < 4.78 is 48.7. The van der Waals surface area contributed by atoms with Crippen molar-refractivity contribution in [3.05, 3.63) is 42.4 Å². The molecule has 3 heterocycles. The molecule has 0 spiro atoms. The maximum atomic E-state index is 13.1. The van der Waals surface area contributed by atoms with Crippen LogP contribution in [0, 0.1) is 0 Å². The Labute approximate surface area is 178 Å². The van der Waals surface area contributed by atoms with Gasteiger partial charge >= 0.3 is 11.8 Å². The molecule has 0 bridgehead atoms. The Morgan fingerprint density at radius 2 is 1.81 bits per heavy atom. The van der Waals surface area contributed by atoms with Crippen LogP contribution in [-0.4, -0.2) is 63.7 Å². The standard InChI is InChI=1S/C19H21N3O8S/c23-18(20-11-13-2-1-6-27-13)19(24)21-12-17-22(5-7-30-17)31(25,26)14-3-4-15-16(10-14)29-9-8-28-15/h1-4,6,10,17H,5,7-9,11-12H2,(H,20,23)(H,21,24)/t17-/m0/s1. The summed E-state index contributed by atoms with van der Waals surface area (Å²) in [6.07, 6.45) is 0.510. The molecule has 0 aliphatic carbocycles. The van der Waals surface area contributed by atoms with E-state index in [9.17, 15) is 18.0 Å². The van der Waals surface area contributed by atoms with Crippen molar-refractivity contribution in [2.45, 2.75) is 17.7 Å². The molecule has 2 N–H and O–H groups in total. The number of carbonyl (C=O) groups is 2. The van der Waals surface area contributed by atoms with E-state index in [2.05, 4.69) is 10.6 Å². The van der Waals surface area contributed by atoms with Crippen molar-refractivity contribution in [2.24, 2.45) is 0 Å². The monoisotopic (exact) mass is 451 g/mol. The van der Waals surface area contributed by atoms with Gasteiger partial charge in [0.05, 0.1) is 30.9 Å². The zero-order valence-corrected chi connectivity index (χ0v) is 17.2. The van der Waals surface area contributed by atoms with Crippen molar-refractivity contribution in [2.75, 3.05) is 32.9 Å². The number of nitrogens with zero attached hydrogens (tertiary/aromatic N) is 1. The van der Waals surface area contributed by atoms with Crippen LogP contribution in [0.2, 0.25) is 0 Å². The fraction of sp³-hybridized carbons (Fsp3) is 0.368. The molecule has 11 nitrogen and oxygen atoms in total. The van der Waals surface area contributed by atoms with E-state index in [0.717, 1.165) is 4.31 Å². The predicted octanol–water partition coefficient (Wildman–Crippen LogP) is -0.170. The van der Waals surface area contributed by atoms with E-state index in [1.807, 2.05) is 0 Å². The molecule has 2 amide bonds. The number of hydrogen-bond donors (Lipinski definition) is 2. The number of ether oxygens (including phenoxy) is 3. The van der Waals surface area contributed by atoms with Gasteiger partial charge in [0.25, 0.3) is 0 Å². The van der Waals surface area contributed by atoms with E-state index in [1.165, 1.54) is 18.4 Å². The first-order valence-corrected chi connectivity index (χ1v) is 11.0. The summed E-state index contributed by atoms with van der Waals surface area (Å²) in [5, 5.41) is 4.81. The van der Waals surface area contributed by atoms with Gasteiger partial charge in [0.15, 0.2) is 11.5 Å². The van der Waals surface area contributed by atoms with Crippen LogP contribution in [0.25, 0.3) is 0 Å². The lowest BCUT2D eigenvalue weighted by atomic mass is 10.3. The Bertz CT molecular complexity index is 1050. The van der Waals surface area contributed by atoms with Crippen molar-refractivity contribution in [3.8, 4) is 11.5 Å². The quantitative estimate of drug-likeness (QED) is 0.578. The SMILES string of the molecule is O=C(NCc1ccco1)C(=O)NC[C@@H]1OCCN1S(=O)(=O)c1ccc2c(c1)OCCO2. The Kier molecular flexibility index (Phi) is 6.11. The van der Waals surface area contributed by atoms with Crippen LogP contribution in [0.3, 0.4) is 0 Å². The van der Waals surface area contributed by atoms with Gasteiger partial charge in [-0.2, -0.15) is 4.31 Å². The maximum absolute atomic E-state index is 13.1. The molecule has 1 aromatic heterocycles. The van der Waals surface area contributed by atoms with Crippen molar-refractivity contribution in [1.82, 2.24) is 14.9 Å². The fourth-order valence-electron chi connectivity index (χ4n) is 3.18. The Balaban J connectivity index is 1.37. The van der Waals surface area contributed by atoms with Crippen LogP contribution in [0.15, 0.2) is 45.9 Å². The maximum Gasteiger partial charge on any atom is 0.309 e.